The Bertz CT molecular complexity index is 347. The fraction of sp³-hybridized carbons (Fsp3) is 0.455. The zero-order chi connectivity index (χ0) is 10.2. The van der Waals surface area contributed by atoms with Crippen molar-refractivity contribution in [3.8, 4) is 0 Å². The molecule has 1 nitrogen and oxygen atoms in total. The lowest BCUT2D eigenvalue weighted by Gasteiger charge is -2.39. The van der Waals surface area contributed by atoms with Crippen molar-refractivity contribution in [3.05, 3.63) is 34.1 Å². The molecule has 1 heterocycles. The van der Waals surface area contributed by atoms with Crippen LogP contribution in [0.25, 0.3) is 0 Å². The summed E-state index contributed by atoms with van der Waals surface area (Å²) in [5.41, 5.74) is 1.37. The summed E-state index contributed by atoms with van der Waals surface area (Å²) in [4.78, 5) is 0. The zero-order valence-electron chi connectivity index (χ0n) is 8.11. The average Bonchev–Trinajstić information content (AvgIpc) is 2.10. The van der Waals surface area contributed by atoms with E-state index in [1.54, 1.807) is 6.07 Å². The first-order valence-electron chi connectivity index (χ1n) is 4.74. The molecular weight excluding hydrogens is 245 g/mol. The van der Waals surface area contributed by atoms with Crippen molar-refractivity contribution in [1.82, 2.24) is 5.32 Å². The highest BCUT2D eigenvalue weighted by Gasteiger charge is 2.32. The predicted octanol–water partition coefficient (Wildman–Crippen LogP) is 2.74. The first-order chi connectivity index (χ1) is 6.61. The van der Waals surface area contributed by atoms with Crippen molar-refractivity contribution in [2.75, 3.05) is 13.1 Å². The molecule has 76 valence electrons. The lowest BCUT2D eigenvalue weighted by molar-refractivity contribution is 0.195. The van der Waals surface area contributed by atoms with E-state index in [1.807, 2.05) is 6.07 Å². The van der Waals surface area contributed by atoms with Crippen LogP contribution in [0.3, 0.4) is 0 Å². The maximum atomic E-state index is 13.2. The summed E-state index contributed by atoms with van der Waals surface area (Å²) in [5, 5.41) is 3.25. The molecule has 0 radical (unpaired) electrons. The molecule has 1 aliphatic rings. The largest absolute Gasteiger partial charge is 0.316 e. The fourth-order valence-corrected chi connectivity index (χ4v) is 2.23. The molecular formula is C11H13BrFN. The Labute approximate surface area is 91.8 Å². The van der Waals surface area contributed by atoms with Crippen LogP contribution < -0.4 is 5.32 Å². The van der Waals surface area contributed by atoms with E-state index in [-0.39, 0.29) is 5.82 Å². The van der Waals surface area contributed by atoms with Crippen LogP contribution >= 0.6 is 15.9 Å². The van der Waals surface area contributed by atoms with Gasteiger partial charge >= 0.3 is 0 Å². The van der Waals surface area contributed by atoms with Gasteiger partial charge in [0, 0.05) is 13.1 Å². The summed E-state index contributed by atoms with van der Waals surface area (Å²) in [6.07, 6.45) is 0.929. The highest BCUT2D eigenvalue weighted by atomic mass is 79.9. The minimum atomic E-state index is -0.168. The lowest BCUT2D eigenvalue weighted by Crippen LogP contribution is -2.52. The number of hydrogen-bond acceptors (Lipinski definition) is 1. The normalized spacial score (nSPS) is 19.1. The number of halogens is 2. The summed E-state index contributed by atoms with van der Waals surface area (Å²) in [6.45, 7) is 4.27. The summed E-state index contributed by atoms with van der Waals surface area (Å²) in [5.74, 6) is -0.168. The Morgan fingerprint density at radius 3 is 2.79 bits per heavy atom. The third-order valence-electron chi connectivity index (χ3n) is 2.75. The molecule has 1 aromatic carbocycles. The van der Waals surface area contributed by atoms with E-state index >= 15 is 0 Å². The van der Waals surface area contributed by atoms with E-state index in [9.17, 15) is 4.39 Å². The maximum absolute atomic E-state index is 13.2. The van der Waals surface area contributed by atoms with Crippen LogP contribution in [0.5, 0.6) is 0 Å². The summed E-state index contributed by atoms with van der Waals surface area (Å²) >= 11 is 3.29. The average molecular weight is 258 g/mol. The van der Waals surface area contributed by atoms with E-state index < -0.39 is 0 Å². The Morgan fingerprint density at radius 1 is 1.50 bits per heavy atom. The fourth-order valence-electron chi connectivity index (χ4n) is 1.82. The molecule has 0 aromatic heterocycles. The van der Waals surface area contributed by atoms with Crippen LogP contribution in [0.15, 0.2) is 22.7 Å². The van der Waals surface area contributed by atoms with Gasteiger partial charge in [-0.15, -0.1) is 0 Å². The van der Waals surface area contributed by atoms with E-state index in [0.717, 1.165) is 25.1 Å². The van der Waals surface area contributed by atoms with Gasteiger partial charge in [-0.05, 0) is 39.4 Å². The predicted molar refractivity (Wildman–Crippen MR) is 58.8 cm³/mol. The topological polar surface area (TPSA) is 12.0 Å². The monoisotopic (exact) mass is 257 g/mol. The Hall–Kier alpha value is -0.410. The van der Waals surface area contributed by atoms with E-state index in [2.05, 4.69) is 28.2 Å². The molecule has 0 saturated carbocycles. The summed E-state index contributed by atoms with van der Waals surface area (Å²) in [7, 11) is 0. The third kappa shape index (κ3) is 1.84. The van der Waals surface area contributed by atoms with Gasteiger partial charge in [-0.25, -0.2) is 4.39 Å². The van der Waals surface area contributed by atoms with Crippen LogP contribution in [0, 0.1) is 11.2 Å². The molecule has 1 N–H and O–H groups in total. The second kappa shape index (κ2) is 3.63. The van der Waals surface area contributed by atoms with Gasteiger partial charge in [-0.2, -0.15) is 0 Å². The molecule has 1 saturated heterocycles. The molecule has 0 bridgehead atoms. The molecule has 0 amide bonds. The minimum absolute atomic E-state index is 0.168. The van der Waals surface area contributed by atoms with Gasteiger partial charge in [0.15, 0.2) is 0 Å². The molecule has 14 heavy (non-hydrogen) atoms. The van der Waals surface area contributed by atoms with Crippen molar-refractivity contribution in [2.24, 2.45) is 5.41 Å². The van der Waals surface area contributed by atoms with Crippen molar-refractivity contribution < 1.29 is 4.39 Å². The first kappa shape index (κ1) is 10.1. The first-order valence-corrected chi connectivity index (χ1v) is 5.54. The molecule has 1 aromatic rings. The maximum Gasteiger partial charge on any atom is 0.137 e. The van der Waals surface area contributed by atoms with Gasteiger partial charge in [-0.1, -0.05) is 19.1 Å². The number of hydrogen-bond donors (Lipinski definition) is 1. The van der Waals surface area contributed by atoms with Gasteiger partial charge in [-0.3, -0.25) is 0 Å². The number of rotatable bonds is 2. The Morgan fingerprint density at radius 2 is 2.21 bits per heavy atom. The second-order valence-electron chi connectivity index (χ2n) is 4.30. The van der Waals surface area contributed by atoms with E-state index in [1.165, 1.54) is 6.07 Å². The van der Waals surface area contributed by atoms with Gasteiger partial charge in [0.1, 0.15) is 5.82 Å². The molecule has 0 spiro atoms. The zero-order valence-corrected chi connectivity index (χ0v) is 9.70. The van der Waals surface area contributed by atoms with Crippen molar-refractivity contribution in [1.29, 1.82) is 0 Å². The summed E-state index contributed by atoms with van der Waals surface area (Å²) in [6, 6.07) is 5.23. The summed E-state index contributed by atoms with van der Waals surface area (Å²) < 4.78 is 13.8. The minimum Gasteiger partial charge on any atom is -0.316 e. The molecule has 3 heteroatoms. The Kier molecular flexibility index (Phi) is 2.62. The SMILES string of the molecule is CC1(Cc2cccc(F)c2Br)CNC1. The lowest BCUT2D eigenvalue weighted by atomic mass is 9.78. The standard InChI is InChI=1S/C11H13BrFN/c1-11(6-14-7-11)5-8-3-2-4-9(13)10(8)12/h2-4,14H,5-7H2,1H3. The smallest absolute Gasteiger partial charge is 0.137 e. The number of nitrogens with one attached hydrogen (secondary N) is 1. The van der Waals surface area contributed by atoms with Crippen molar-refractivity contribution in [2.45, 2.75) is 13.3 Å². The van der Waals surface area contributed by atoms with Gasteiger partial charge < -0.3 is 5.32 Å². The van der Waals surface area contributed by atoms with Crippen LogP contribution in [-0.4, -0.2) is 13.1 Å². The van der Waals surface area contributed by atoms with Crippen LogP contribution in [-0.2, 0) is 6.42 Å². The van der Waals surface area contributed by atoms with E-state index in [0.29, 0.717) is 9.89 Å². The van der Waals surface area contributed by atoms with Crippen molar-refractivity contribution in [3.63, 3.8) is 0 Å². The van der Waals surface area contributed by atoms with Gasteiger partial charge in [0.25, 0.3) is 0 Å². The molecule has 0 unspecified atom stereocenters. The Balaban J connectivity index is 2.20. The molecule has 1 fully saturated rings. The molecule has 0 atom stereocenters. The highest BCUT2D eigenvalue weighted by molar-refractivity contribution is 9.10. The van der Waals surface area contributed by atoms with Gasteiger partial charge in [0.05, 0.1) is 4.47 Å². The number of benzene rings is 1. The van der Waals surface area contributed by atoms with Crippen LogP contribution in [0.4, 0.5) is 4.39 Å². The van der Waals surface area contributed by atoms with Crippen LogP contribution in [0.1, 0.15) is 12.5 Å². The van der Waals surface area contributed by atoms with E-state index in [4.69, 9.17) is 0 Å². The molecule has 0 aliphatic carbocycles. The molecule has 2 rings (SSSR count). The highest BCUT2D eigenvalue weighted by Crippen LogP contribution is 2.31. The molecule has 1 aliphatic heterocycles. The quantitative estimate of drug-likeness (QED) is 0.860. The van der Waals surface area contributed by atoms with Crippen LogP contribution in [0.2, 0.25) is 0 Å². The van der Waals surface area contributed by atoms with Gasteiger partial charge in [0.2, 0.25) is 0 Å². The third-order valence-corrected chi connectivity index (χ3v) is 3.64. The second-order valence-corrected chi connectivity index (χ2v) is 5.10. The van der Waals surface area contributed by atoms with Crippen molar-refractivity contribution >= 4 is 15.9 Å².